The number of nitriles is 1. The fourth-order valence-electron chi connectivity index (χ4n) is 8.25. The number of nitrogens with one attached hydrogen (secondary N) is 3. The third kappa shape index (κ3) is 10.5. The van der Waals surface area contributed by atoms with Gasteiger partial charge in [0.25, 0.3) is 5.56 Å². The van der Waals surface area contributed by atoms with E-state index in [1.54, 1.807) is 40.8 Å². The molecule has 3 N–H and O–H groups in total. The smallest absolute Gasteiger partial charge is 0.453 e. The molecule has 2 aliphatic carbocycles. The van der Waals surface area contributed by atoms with Crippen molar-refractivity contribution < 1.29 is 57.4 Å². The summed E-state index contributed by atoms with van der Waals surface area (Å²) >= 11 is 1.56. The molecular formula is C45H49F2N6NaO5S-2. The summed E-state index contributed by atoms with van der Waals surface area (Å²) in [5.74, 6) is -1.12. The average Bonchev–Trinajstić information content (AvgIpc) is 3.94. The Balaban J connectivity index is 0.000000224. The number of ether oxygens (including phenoxy) is 2. The van der Waals surface area contributed by atoms with Gasteiger partial charge < -0.3 is 39.8 Å². The maximum atomic E-state index is 14.8. The van der Waals surface area contributed by atoms with E-state index >= 15 is 0 Å². The van der Waals surface area contributed by atoms with Crippen LogP contribution < -0.4 is 55.2 Å². The topological polar surface area (TPSA) is 147 Å². The molecule has 312 valence electrons. The van der Waals surface area contributed by atoms with Gasteiger partial charge in [-0.15, -0.1) is 0 Å². The van der Waals surface area contributed by atoms with E-state index in [9.17, 15) is 28.4 Å². The molecule has 2 atom stereocenters. The van der Waals surface area contributed by atoms with Crippen molar-refractivity contribution in [1.29, 1.82) is 5.26 Å². The monoisotopic (exact) mass is 846 g/mol. The Morgan fingerprint density at radius 3 is 2.47 bits per heavy atom. The fraction of sp³-hybridized carbons (Fsp3) is 0.422. The summed E-state index contributed by atoms with van der Waals surface area (Å²) < 4.78 is 45.8. The molecular weight excluding hydrogens is 798 g/mol. The minimum Gasteiger partial charge on any atom is -0.453 e. The van der Waals surface area contributed by atoms with Crippen LogP contribution in [0.4, 0.5) is 20.2 Å². The van der Waals surface area contributed by atoms with E-state index in [4.69, 9.17) is 9.47 Å². The first kappa shape index (κ1) is 45.5. The number of benzene rings is 3. The predicted molar refractivity (Wildman–Crippen MR) is 225 cm³/mol. The summed E-state index contributed by atoms with van der Waals surface area (Å²) in [6.45, 7) is 8.33. The van der Waals surface area contributed by atoms with Crippen molar-refractivity contribution in [2.45, 2.75) is 112 Å². The summed E-state index contributed by atoms with van der Waals surface area (Å²) in [4.78, 5) is 40.7. The number of fused-ring (bicyclic) bond motifs is 1. The summed E-state index contributed by atoms with van der Waals surface area (Å²) in [5.41, 5.74) is 1.75. The van der Waals surface area contributed by atoms with Gasteiger partial charge in [0.15, 0.2) is 11.6 Å². The number of imide groups is 1. The number of hydrogen-bond donors (Lipinski definition) is 3. The number of anilines is 2. The van der Waals surface area contributed by atoms with Gasteiger partial charge in [0, 0.05) is 23.0 Å². The van der Waals surface area contributed by atoms with Gasteiger partial charge in [0.1, 0.15) is 29.2 Å². The maximum absolute atomic E-state index is 14.8. The molecule has 8 rings (SSSR count). The van der Waals surface area contributed by atoms with Gasteiger partial charge >= 0.3 is 29.6 Å². The summed E-state index contributed by atoms with van der Waals surface area (Å²) in [7, 11) is 0. The minimum absolute atomic E-state index is 0. The van der Waals surface area contributed by atoms with Crippen LogP contribution >= 0.6 is 11.9 Å². The van der Waals surface area contributed by atoms with E-state index in [0.717, 1.165) is 44.1 Å². The SMILES string of the molecule is O=C1CCC(Nc2ccc(C3CC[CH-]CC3)c(F)c2)C(=O)N1.[CH2-]CC1(C[CH2-])CC(n2cnc3ccc(Oc4c(F)ccc(NSC5CCCC5)c4C#N)cc3c2=O)CO1.[Na+]. The molecule has 4 aliphatic rings. The van der Waals surface area contributed by atoms with Crippen molar-refractivity contribution >= 4 is 46.0 Å². The molecule has 2 aliphatic heterocycles. The zero-order chi connectivity index (χ0) is 41.5. The van der Waals surface area contributed by atoms with E-state index in [-0.39, 0.29) is 81.8 Å². The number of aromatic nitrogens is 2. The number of carbonyl (C=O) groups is 2. The zero-order valence-electron chi connectivity index (χ0n) is 33.9. The number of rotatable bonds is 11. The Bertz CT molecular complexity index is 2270. The normalized spacial score (nSPS) is 20.4. The molecule has 60 heavy (non-hydrogen) atoms. The number of hydrogen-bond acceptors (Lipinski definition) is 10. The van der Waals surface area contributed by atoms with Crippen molar-refractivity contribution in [3.63, 3.8) is 0 Å². The molecule has 2 amide bonds. The molecule has 0 spiro atoms. The van der Waals surface area contributed by atoms with Crippen molar-refractivity contribution in [1.82, 2.24) is 14.9 Å². The third-order valence-corrected chi connectivity index (χ3v) is 12.9. The molecule has 11 nitrogen and oxygen atoms in total. The van der Waals surface area contributed by atoms with Gasteiger partial charge in [-0.05, 0) is 91.6 Å². The summed E-state index contributed by atoms with van der Waals surface area (Å²) in [6, 6.07) is 14.1. The van der Waals surface area contributed by atoms with Crippen molar-refractivity contribution in [2.75, 3.05) is 16.6 Å². The molecule has 0 bridgehead atoms. The minimum atomic E-state index is -0.655. The average molecular weight is 847 g/mol. The first-order chi connectivity index (χ1) is 28.6. The van der Waals surface area contributed by atoms with Crippen LogP contribution in [0.5, 0.6) is 11.5 Å². The second-order valence-corrected chi connectivity index (χ2v) is 16.8. The standard InChI is InChI=1S/C28H29FN4O3S.C17H20FN2O2.Na/c1-3-28(4-2)14-18(16-35-28)33-17-31-24-11-9-19(13-21(24)27(33)34)36-26-22(15-30)25(12-10-23(26)29)32-37-20-7-5-6-8-20;18-14-10-12(19-15-8-9-16(21)20-17(15)22)6-7-13(14)11-4-2-1-3-5-11;/h9-13,17-18,20,32H,1-8,14,16H2;1,6-7,10-11,15,19H,2-5,8-9H2,(H,20,21,22);/q-2;-1;+1. The summed E-state index contributed by atoms with van der Waals surface area (Å²) in [5, 5.41) is 15.9. The number of halogens is 2. The van der Waals surface area contributed by atoms with E-state index in [2.05, 4.69) is 46.7 Å². The summed E-state index contributed by atoms with van der Waals surface area (Å²) in [6.07, 6.45) is 15.0. The Hall–Kier alpha value is -4.00. The first-order valence-corrected chi connectivity index (χ1v) is 21.2. The van der Waals surface area contributed by atoms with Crippen LogP contribution in [0.2, 0.25) is 0 Å². The van der Waals surface area contributed by atoms with E-state index in [0.29, 0.717) is 66.2 Å². The molecule has 1 aromatic heterocycles. The Labute approximate surface area is 376 Å². The molecule has 2 saturated heterocycles. The quantitative estimate of drug-likeness (QED) is 0.0685. The Morgan fingerprint density at radius 2 is 1.78 bits per heavy atom. The van der Waals surface area contributed by atoms with Crippen LogP contribution in [0.1, 0.15) is 107 Å². The van der Waals surface area contributed by atoms with E-state index in [1.165, 1.54) is 31.3 Å². The Morgan fingerprint density at radius 1 is 1.02 bits per heavy atom. The maximum Gasteiger partial charge on any atom is 1.00 e. The third-order valence-electron chi connectivity index (χ3n) is 11.8. The second kappa shape index (κ2) is 20.7. The van der Waals surface area contributed by atoms with Crippen LogP contribution in [0.3, 0.4) is 0 Å². The second-order valence-electron chi connectivity index (χ2n) is 15.7. The molecule has 4 aromatic rings. The number of piperidine rings is 1. The molecule has 3 aromatic carbocycles. The van der Waals surface area contributed by atoms with Gasteiger partial charge in [0.05, 0.1) is 35.6 Å². The number of nitrogens with zero attached hydrogens (tertiary/aromatic N) is 3. The number of amides is 2. The Kier molecular flexibility index (Phi) is 15.7. The molecule has 2 unspecified atom stereocenters. The van der Waals surface area contributed by atoms with Crippen LogP contribution in [0.25, 0.3) is 10.9 Å². The number of carbonyl (C=O) groups excluding carboxylic acids is 2. The van der Waals surface area contributed by atoms with Crippen molar-refractivity contribution in [3.05, 3.63) is 108 Å². The van der Waals surface area contributed by atoms with Gasteiger partial charge in [-0.2, -0.15) is 30.9 Å². The van der Waals surface area contributed by atoms with E-state index in [1.807, 2.05) is 12.1 Å². The van der Waals surface area contributed by atoms with Crippen LogP contribution in [-0.4, -0.2) is 44.9 Å². The molecule has 15 heteroatoms. The van der Waals surface area contributed by atoms with Crippen molar-refractivity contribution in [2.24, 2.45) is 0 Å². The zero-order valence-corrected chi connectivity index (χ0v) is 36.8. The first-order valence-electron chi connectivity index (χ1n) is 20.4. The van der Waals surface area contributed by atoms with Crippen LogP contribution in [0, 0.1) is 43.2 Å². The largest absolute Gasteiger partial charge is 1.00 e. The van der Waals surface area contributed by atoms with Crippen LogP contribution in [-0.2, 0) is 14.3 Å². The predicted octanol–water partition coefficient (Wildman–Crippen LogP) is 6.26. The molecule has 2 saturated carbocycles. The van der Waals surface area contributed by atoms with Crippen LogP contribution in [0.15, 0.2) is 59.7 Å². The van der Waals surface area contributed by atoms with Gasteiger partial charge in [-0.1, -0.05) is 31.7 Å². The fourth-order valence-corrected chi connectivity index (χ4v) is 9.29. The van der Waals surface area contributed by atoms with Crippen molar-refractivity contribution in [3.8, 4) is 17.6 Å². The van der Waals surface area contributed by atoms with Gasteiger partial charge in [0.2, 0.25) is 11.8 Å². The van der Waals surface area contributed by atoms with Gasteiger partial charge in [-0.3, -0.25) is 24.3 Å². The molecule has 0 radical (unpaired) electrons. The van der Waals surface area contributed by atoms with E-state index < -0.39 is 17.5 Å². The van der Waals surface area contributed by atoms with Gasteiger partial charge in [-0.25, -0.2) is 13.8 Å². The molecule has 3 heterocycles. The molecule has 4 fully saturated rings.